The van der Waals surface area contributed by atoms with E-state index in [1.165, 1.54) is 43.4 Å². The molecular formula is C19H26N2OS. The highest BCUT2D eigenvalue weighted by Gasteiger charge is 2.39. The predicted molar refractivity (Wildman–Crippen MR) is 95.8 cm³/mol. The Hall–Kier alpha value is -1.00. The van der Waals surface area contributed by atoms with E-state index in [1.54, 1.807) is 11.8 Å². The van der Waals surface area contributed by atoms with Crippen molar-refractivity contribution in [2.75, 3.05) is 31.6 Å². The summed E-state index contributed by atoms with van der Waals surface area (Å²) >= 11 is 1.65. The summed E-state index contributed by atoms with van der Waals surface area (Å²) in [5.41, 5.74) is 3.06. The van der Waals surface area contributed by atoms with Crippen LogP contribution in [-0.2, 0) is 17.6 Å². The van der Waals surface area contributed by atoms with Crippen molar-refractivity contribution < 1.29 is 4.79 Å². The van der Waals surface area contributed by atoms with E-state index in [4.69, 9.17) is 0 Å². The van der Waals surface area contributed by atoms with E-state index in [2.05, 4.69) is 34.1 Å². The van der Waals surface area contributed by atoms with Gasteiger partial charge in [0.2, 0.25) is 5.91 Å². The van der Waals surface area contributed by atoms with Crippen molar-refractivity contribution in [2.45, 2.75) is 37.8 Å². The third-order valence-electron chi connectivity index (χ3n) is 5.88. The van der Waals surface area contributed by atoms with Crippen LogP contribution in [0.1, 0.15) is 24.0 Å². The lowest BCUT2D eigenvalue weighted by atomic mass is 9.95. The molecule has 0 radical (unpaired) electrons. The molecule has 5 rings (SSSR count). The van der Waals surface area contributed by atoms with Crippen LogP contribution in [0.25, 0.3) is 0 Å². The zero-order chi connectivity index (χ0) is 15.8. The van der Waals surface area contributed by atoms with Crippen molar-refractivity contribution in [1.82, 2.24) is 9.80 Å². The molecule has 1 aliphatic carbocycles. The molecule has 4 heteroatoms. The largest absolute Gasteiger partial charge is 0.337 e. The smallest absolute Gasteiger partial charge is 0.232 e. The number of benzene rings is 1. The molecule has 2 bridgehead atoms. The highest BCUT2D eigenvalue weighted by Crippen LogP contribution is 2.33. The molecule has 1 aromatic carbocycles. The number of fused-ring (bicyclic) bond motifs is 5. The first-order valence-electron chi connectivity index (χ1n) is 8.84. The number of rotatable bonds is 3. The lowest BCUT2D eigenvalue weighted by molar-refractivity contribution is -0.132. The van der Waals surface area contributed by atoms with E-state index in [9.17, 15) is 4.79 Å². The normalized spacial score (nSPS) is 28.0. The summed E-state index contributed by atoms with van der Waals surface area (Å²) in [5, 5.41) is 0. The van der Waals surface area contributed by atoms with Crippen LogP contribution < -0.4 is 0 Å². The molecule has 3 fully saturated rings. The number of carbonyl (C=O) groups excluding carboxylic acids is 1. The maximum atomic E-state index is 12.4. The fourth-order valence-electron chi connectivity index (χ4n) is 4.72. The van der Waals surface area contributed by atoms with Gasteiger partial charge in [0, 0.05) is 31.7 Å². The molecule has 124 valence electrons. The van der Waals surface area contributed by atoms with Gasteiger partial charge in [-0.15, -0.1) is 0 Å². The Morgan fingerprint density at radius 2 is 1.83 bits per heavy atom. The second-order valence-electron chi connectivity index (χ2n) is 7.36. The number of thioether (sulfide) groups is 1. The minimum Gasteiger partial charge on any atom is -0.337 e. The highest BCUT2D eigenvalue weighted by atomic mass is 32.2. The first-order chi connectivity index (χ1) is 11.2. The van der Waals surface area contributed by atoms with Crippen molar-refractivity contribution in [3.05, 3.63) is 35.4 Å². The second kappa shape index (κ2) is 6.48. The van der Waals surface area contributed by atoms with E-state index in [0.29, 0.717) is 29.7 Å². The molecular weight excluding hydrogens is 304 g/mol. The molecule has 0 saturated carbocycles. The molecule has 4 aliphatic rings. The predicted octanol–water partition coefficient (Wildman–Crippen LogP) is 2.44. The van der Waals surface area contributed by atoms with Crippen LogP contribution in [0.4, 0.5) is 0 Å². The van der Waals surface area contributed by atoms with Crippen molar-refractivity contribution in [3.63, 3.8) is 0 Å². The molecule has 3 saturated heterocycles. The van der Waals surface area contributed by atoms with Gasteiger partial charge in [0.05, 0.1) is 5.75 Å². The first kappa shape index (κ1) is 15.5. The monoisotopic (exact) mass is 330 g/mol. The van der Waals surface area contributed by atoms with Crippen molar-refractivity contribution in [3.8, 4) is 0 Å². The van der Waals surface area contributed by atoms with Crippen LogP contribution in [0.3, 0.4) is 0 Å². The molecule has 23 heavy (non-hydrogen) atoms. The van der Waals surface area contributed by atoms with Gasteiger partial charge >= 0.3 is 0 Å². The Morgan fingerprint density at radius 3 is 2.52 bits per heavy atom. The van der Waals surface area contributed by atoms with E-state index in [0.717, 1.165) is 13.1 Å². The molecule has 3 heterocycles. The van der Waals surface area contributed by atoms with Crippen LogP contribution >= 0.6 is 11.8 Å². The van der Waals surface area contributed by atoms with Gasteiger partial charge in [-0.05, 0) is 49.0 Å². The lowest BCUT2D eigenvalue weighted by Gasteiger charge is -2.36. The van der Waals surface area contributed by atoms with Crippen LogP contribution in [0.5, 0.6) is 0 Å². The average Bonchev–Trinajstić information content (AvgIpc) is 2.78. The summed E-state index contributed by atoms with van der Waals surface area (Å²) in [4.78, 5) is 17.3. The van der Waals surface area contributed by atoms with Crippen molar-refractivity contribution in [2.24, 2.45) is 5.92 Å². The standard InChI is InChI=1S/C19H26N2OS/c1-23-13-19(22)21-11-14-6-7-17(21)12-20(10-14)18-8-15-4-2-3-5-16(15)9-18/h2-5,14,17-18H,6-13H2,1H3/t14-,17+/m0/s1. The Labute approximate surface area is 143 Å². The van der Waals surface area contributed by atoms with E-state index < -0.39 is 0 Å². The summed E-state index contributed by atoms with van der Waals surface area (Å²) in [5.74, 6) is 1.66. The zero-order valence-corrected chi connectivity index (χ0v) is 14.7. The van der Waals surface area contributed by atoms with Gasteiger partial charge in [-0.25, -0.2) is 0 Å². The number of hydrogen-bond donors (Lipinski definition) is 0. The average molecular weight is 330 g/mol. The van der Waals surface area contributed by atoms with Gasteiger partial charge < -0.3 is 4.90 Å². The topological polar surface area (TPSA) is 23.6 Å². The number of carbonyl (C=O) groups is 1. The minimum absolute atomic E-state index is 0.351. The summed E-state index contributed by atoms with van der Waals surface area (Å²) in [6.07, 6.45) is 6.89. The second-order valence-corrected chi connectivity index (χ2v) is 8.23. The minimum atomic E-state index is 0.351. The number of amides is 1. The number of nitrogens with zero attached hydrogens (tertiary/aromatic N) is 2. The van der Waals surface area contributed by atoms with Crippen LogP contribution in [0.2, 0.25) is 0 Å². The van der Waals surface area contributed by atoms with Gasteiger partial charge in [0.1, 0.15) is 0 Å². The lowest BCUT2D eigenvalue weighted by Crippen LogP contribution is -2.48. The quantitative estimate of drug-likeness (QED) is 0.850. The summed E-state index contributed by atoms with van der Waals surface area (Å²) in [6, 6.07) is 9.99. The molecule has 0 aromatic heterocycles. The molecule has 0 spiro atoms. The van der Waals surface area contributed by atoms with Gasteiger partial charge in [0.15, 0.2) is 0 Å². The van der Waals surface area contributed by atoms with Crippen LogP contribution in [-0.4, -0.2) is 59.4 Å². The van der Waals surface area contributed by atoms with Gasteiger partial charge in [-0.2, -0.15) is 11.8 Å². The highest BCUT2D eigenvalue weighted by molar-refractivity contribution is 7.99. The van der Waals surface area contributed by atoms with E-state index in [-0.39, 0.29) is 0 Å². The Kier molecular flexibility index (Phi) is 4.37. The first-order valence-corrected chi connectivity index (χ1v) is 10.2. The summed E-state index contributed by atoms with van der Waals surface area (Å²) in [7, 11) is 0. The number of piperidine rings is 1. The Morgan fingerprint density at radius 1 is 1.09 bits per heavy atom. The van der Waals surface area contributed by atoms with E-state index >= 15 is 0 Å². The maximum absolute atomic E-state index is 12.4. The van der Waals surface area contributed by atoms with Gasteiger partial charge in [-0.1, -0.05) is 24.3 Å². The van der Waals surface area contributed by atoms with E-state index in [1.807, 2.05) is 6.26 Å². The Bertz CT molecular complexity index is 565. The van der Waals surface area contributed by atoms with Crippen LogP contribution in [0, 0.1) is 5.92 Å². The van der Waals surface area contributed by atoms with Crippen LogP contribution in [0.15, 0.2) is 24.3 Å². The van der Waals surface area contributed by atoms with Crippen molar-refractivity contribution in [1.29, 1.82) is 0 Å². The summed E-state index contributed by atoms with van der Waals surface area (Å²) in [6.45, 7) is 3.24. The molecule has 3 aliphatic heterocycles. The zero-order valence-electron chi connectivity index (χ0n) is 13.9. The SMILES string of the molecule is CSCC(=O)N1C[C@H]2CC[C@@H]1CN(C1Cc3ccccc3C1)C2. The van der Waals surface area contributed by atoms with Gasteiger partial charge in [0.25, 0.3) is 0 Å². The third kappa shape index (κ3) is 3.03. The third-order valence-corrected chi connectivity index (χ3v) is 6.41. The molecule has 0 N–H and O–H groups in total. The fraction of sp³-hybridized carbons (Fsp3) is 0.632. The maximum Gasteiger partial charge on any atom is 0.232 e. The fourth-order valence-corrected chi connectivity index (χ4v) is 5.13. The Balaban J connectivity index is 1.48. The van der Waals surface area contributed by atoms with Crippen molar-refractivity contribution >= 4 is 17.7 Å². The van der Waals surface area contributed by atoms with Gasteiger partial charge in [-0.3, -0.25) is 9.69 Å². The molecule has 3 nitrogen and oxygen atoms in total. The molecule has 2 atom stereocenters. The molecule has 1 amide bonds. The molecule has 1 aromatic rings. The number of hydrogen-bond acceptors (Lipinski definition) is 3. The molecule has 0 unspecified atom stereocenters. The summed E-state index contributed by atoms with van der Waals surface area (Å²) < 4.78 is 0.